The van der Waals surface area contributed by atoms with Gasteiger partial charge in [0.05, 0.1) is 0 Å². The molecule has 3 rings (SSSR count). The zero-order valence-corrected chi connectivity index (χ0v) is 13.1. The molecule has 0 bridgehead atoms. The van der Waals surface area contributed by atoms with E-state index in [1.807, 2.05) is 6.07 Å². The molecule has 0 aliphatic heterocycles. The second kappa shape index (κ2) is 6.00. The van der Waals surface area contributed by atoms with Gasteiger partial charge < -0.3 is 10.3 Å². The van der Waals surface area contributed by atoms with E-state index in [1.54, 1.807) is 0 Å². The Hall–Kier alpha value is -1.65. The maximum absolute atomic E-state index is 13.2. The molecule has 0 spiro atoms. The smallest absolute Gasteiger partial charge is 0.124 e. The Bertz CT molecular complexity index is 780. The molecular formula is C17H16BrFN2. The average Bonchev–Trinajstić information content (AvgIpc) is 2.87. The summed E-state index contributed by atoms with van der Waals surface area (Å²) in [5, 5.41) is 1.24. The third-order valence-corrected chi connectivity index (χ3v) is 4.41. The molecule has 3 aromatic rings. The minimum absolute atomic E-state index is 0.228. The topological polar surface area (TPSA) is 30.9 Å². The van der Waals surface area contributed by atoms with Crippen LogP contribution in [0.1, 0.15) is 11.1 Å². The highest BCUT2D eigenvalue weighted by atomic mass is 79.9. The Morgan fingerprint density at radius 2 is 1.95 bits per heavy atom. The van der Waals surface area contributed by atoms with E-state index in [4.69, 9.17) is 5.73 Å². The molecule has 0 amide bonds. The number of hydrogen-bond acceptors (Lipinski definition) is 1. The molecule has 2 aromatic carbocycles. The fraction of sp³-hybridized carbons (Fsp3) is 0.176. The van der Waals surface area contributed by atoms with Gasteiger partial charge in [-0.05, 0) is 48.4 Å². The van der Waals surface area contributed by atoms with Crippen molar-refractivity contribution in [3.05, 3.63) is 70.1 Å². The third-order valence-electron chi connectivity index (χ3n) is 3.67. The molecule has 0 aliphatic rings. The van der Waals surface area contributed by atoms with E-state index in [9.17, 15) is 4.39 Å². The Morgan fingerprint density at radius 1 is 1.10 bits per heavy atom. The number of hydrogen-bond donors (Lipinski definition) is 1. The fourth-order valence-electron chi connectivity index (χ4n) is 2.63. The van der Waals surface area contributed by atoms with Crippen molar-refractivity contribution in [1.29, 1.82) is 0 Å². The first kappa shape index (κ1) is 14.3. The molecule has 0 saturated carbocycles. The zero-order valence-electron chi connectivity index (χ0n) is 11.5. The van der Waals surface area contributed by atoms with Gasteiger partial charge >= 0.3 is 0 Å². The highest BCUT2D eigenvalue weighted by molar-refractivity contribution is 9.10. The van der Waals surface area contributed by atoms with E-state index in [0.717, 1.165) is 16.5 Å². The summed E-state index contributed by atoms with van der Waals surface area (Å²) in [5.74, 6) is -0.228. The second-order valence-electron chi connectivity index (χ2n) is 5.07. The molecule has 0 saturated heterocycles. The van der Waals surface area contributed by atoms with Crippen molar-refractivity contribution in [3.8, 4) is 0 Å². The first-order valence-electron chi connectivity index (χ1n) is 6.90. The fourth-order valence-corrected chi connectivity index (χ4v) is 3.11. The number of halogens is 2. The van der Waals surface area contributed by atoms with Crippen molar-refractivity contribution in [1.82, 2.24) is 4.57 Å². The first-order chi connectivity index (χ1) is 10.2. The summed E-state index contributed by atoms with van der Waals surface area (Å²) in [6, 6.07) is 13.2. The Morgan fingerprint density at radius 3 is 2.71 bits per heavy atom. The van der Waals surface area contributed by atoms with Gasteiger partial charge in [0.15, 0.2) is 0 Å². The summed E-state index contributed by atoms with van der Waals surface area (Å²) in [6.45, 7) is 1.35. The number of fused-ring (bicyclic) bond motifs is 1. The predicted molar refractivity (Wildman–Crippen MR) is 87.9 cm³/mol. The zero-order chi connectivity index (χ0) is 14.8. The summed E-state index contributed by atoms with van der Waals surface area (Å²) >= 11 is 3.43. The monoisotopic (exact) mass is 346 g/mol. The van der Waals surface area contributed by atoms with Crippen molar-refractivity contribution in [3.63, 3.8) is 0 Å². The lowest BCUT2D eigenvalue weighted by molar-refractivity contribution is 0.625. The van der Waals surface area contributed by atoms with E-state index < -0.39 is 0 Å². The largest absolute Gasteiger partial charge is 0.343 e. The lowest BCUT2D eigenvalue weighted by Crippen LogP contribution is -2.03. The van der Waals surface area contributed by atoms with Gasteiger partial charge in [-0.2, -0.15) is 0 Å². The number of nitrogens with zero attached hydrogens (tertiary/aromatic N) is 1. The van der Waals surface area contributed by atoms with Crippen molar-refractivity contribution in [2.24, 2.45) is 5.73 Å². The lowest BCUT2D eigenvalue weighted by Gasteiger charge is -2.09. The van der Waals surface area contributed by atoms with Gasteiger partial charge in [0, 0.05) is 28.1 Å². The predicted octanol–water partition coefficient (Wildman–Crippen LogP) is 4.09. The van der Waals surface area contributed by atoms with Gasteiger partial charge in [-0.3, -0.25) is 0 Å². The molecule has 2 nitrogen and oxygen atoms in total. The normalized spacial score (nSPS) is 11.2. The van der Waals surface area contributed by atoms with Gasteiger partial charge in [-0.1, -0.05) is 34.1 Å². The Kier molecular flexibility index (Phi) is 4.08. The second-order valence-corrected chi connectivity index (χ2v) is 5.92. The third kappa shape index (κ3) is 2.87. The van der Waals surface area contributed by atoms with E-state index in [2.05, 4.69) is 51.0 Å². The molecule has 108 valence electrons. The molecule has 0 unspecified atom stereocenters. The Balaban J connectivity index is 1.99. The van der Waals surface area contributed by atoms with Crippen LogP contribution in [-0.2, 0) is 13.0 Å². The molecule has 0 radical (unpaired) electrons. The van der Waals surface area contributed by atoms with Crippen LogP contribution in [0.5, 0.6) is 0 Å². The number of aromatic nitrogens is 1. The van der Waals surface area contributed by atoms with Crippen molar-refractivity contribution in [2.75, 3.05) is 6.54 Å². The van der Waals surface area contributed by atoms with Crippen molar-refractivity contribution >= 4 is 26.8 Å². The lowest BCUT2D eigenvalue weighted by atomic mass is 10.1. The highest BCUT2D eigenvalue weighted by Gasteiger charge is 2.07. The van der Waals surface area contributed by atoms with Gasteiger partial charge in [0.2, 0.25) is 0 Å². The molecule has 21 heavy (non-hydrogen) atoms. The average molecular weight is 347 g/mol. The van der Waals surface area contributed by atoms with E-state index >= 15 is 0 Å². The molecular weight excluding hydrogens is 331 g/mol. The van der Waals surface area contributed by atoms with Crippen LogP contribution >= 0.6 is 15.9 Å². The van der Waals surface area contributed by atoms with Crippen LogP contribution in [0, 0.1) is 5.82 Å². The Labute approximate surface area is 131 Å². The van der Waals surface area contributed by atoms with Crippen molar-refractivity contribution < 1.29 is 4.39 Å². The number of benzene rings is 2. The molecule has 0 aliphatic carbocycles. The van der Waals surface area contributed by atoms with Crippen molar-refractivity contribution in [2.45, 2.75) is 13.0 Å². The number of rotatable bonds is 4. The maximum Gasteiger partial charge on any atom is 0.124 e. The van der Waals surface area contributed by atoms with E-state index in [0.29, 0.717) is 13.1 Å². The van der Waals surface area contributed by atoms with Gasteiger partial charge in [-0.15, -0.1) is 0 Å². The standard InChI is InChI=1S/C17H16BrFN2/c18-16-10-14(19)5-4-13(16)11-21-9-7-15-12(6-8-20)2-1-3-17(15)21/h1-5,7,9-10H,6,8,11,20H2. The molecule has 1 heterocycles. The minimum atomic E-state index is -0.228. The summed E-state index contributed by atoms with van der Waals surface area (Å²) in [5.41, 5.74) is 9.17. The van der Waals surface area contributed by atoms with E-state index in [-0.39, 0.29) is 5.82 Å². The van der Waals surface area contributed by atoms with Crippen LogP contribution in [0.3, 0.4) is 0 Å². The van der Waals surface area contributed by atoms with Crippen LogP contribution in [0.4, 0.5) is 4.39 Å². The molecule has 2 N–H and O–H groups in total. The number of nitrogens with two attached hydrogens (primary N) is 1. The van der Waals surface area contributed by atoms with Gasteiger partial charge in [0.25, 0.3) is 0 Å². The van der Waals surface area contributed by atoms with Crippen LogP contribution in [-0.4, -0.2) is 11.1 Å². The minimum Gasteiger partial charge on any atom is -0.343 e. The van der Waals surface area contributed by atoms with Gasteiger partial charge in [-0.25, -0.2) is 4.39 Å². The molecule has 1 aromatic heterocycles. The van der Waals surface area contributed by atoms with Crippen LogP contribution < -0.4 is 5.73 Å². The molecule has 0 atom stereocenters. The quantitative estimate of drug-likeness (QED) is 0.757. The van der Waals surface area contributed by atoms with Gasteiger partial charge in [0.1, 0.15) is 5.82 Å². The maximum atomic E-state index is 13.2. The molecule has 4 heteroatoms. The van der Waals surface area contributed by atoms with E-state index in [1.165, 1.54) is 28.6 Å². The summed E-state index contributed by atoms with van der Waals surface area (Å²) < 4.78 is 16.1. The molecule has 0 fully saturated rings. The van der Waals surface area contributed by atoms with Crippen LogP contribution in [0.25, 0.3) is 10.9 Å². The van der Waals surface area contributed by atoms with Crippen LogP contribution in [0.15, 0.2) is 53.1 Å². The first-order valence-corrected chi connectivity index (χ1v) is 7.69. The SMILES string of the molecule is NCCc1cccc2c1ccn2Cc1ccc(F)cc1Br. The van der Waals surface area contributed by atoms with Crippen LogP contribution in [0.2, 0.25) is 0 Å². The summed E-state index contributed by atoms with van der Waals surface area (Å²) in [6.07, 6.45) is 2.95. The summed E-state index contributed by atoms with van der Waals surface area (Å²) in [7, 11) is 0. The highest BCUT2D eigenvalue weighted by Crippen LogP contribution is 2.24. The summed E-state index contributed by atoms with van der Waals surface area (Å²) in [4.78, 5) is 0.